The van der Waals surface area contributed by atoms with Gasteiger partial charge in [0.1, 0.15) is 5.56 Å². The maximum atomic E-state index is 12.6. The molecule has 6 nitrogen and oxygen atoms in total. The lowest BCUT2D eigenvalue weighted by atomic mass is 10.1. The maximum Gasteiger partial charge on any atom is 0.282 e. The molecule has 138 valence electrons. The average Bonchev–Trinajstić information content (AvgIpc) is 3.15. The summed E-state index contributed by atoms with van der Waals surface area (Å²) in [6.07, 6.45) is 3.86. The third-order valence-corrected chi connectivity index (χ3v) is 5.98. The van der Waals surface area contributed by atoms with Gasteiger partial charge in [-0.1, -0.05) is 12.1 Å². The van der Waals surface area contributed by atoms with Crippen LogP contribution in [0.1, 0.15) is 10.4 Å². The first-order valence-electron chi connectivity index (χ1n) is 7.75. The van der Waals surface area contributed by atoms with E-state index in [2.05, 4.69) is 10.3 Å². The molecule has 0 saturated heterocycles. The topological polar surface area (TPSA) is 85.1 Å². The SMILES string of the molecule is CSc1ccc(-c2csc(NC(=O)c3cc(SC)ccc3[N+](=O)[O-])n2)cc1. The molecule has 1 N–H and O–H groups in total. The Balaban J connectivity index is 1.83. The number of benzene rings is 2. The van der Waals surface area contributed by atoms with Crippen molar-refractivity contribution in [2.24, 2.45) is 0 Å². The fourth-order valence-corrected chi connectivity index (χ4v) is 3.94. The van der Waals surface area contributed by atoms with Gasteiger partial charge in [0.15, 0.2) is 5.13 Å². The van der Waals surface area contributed by atoms with Crippen molar-refractivity contribution in [3.63, 3.8) is 0 Å². The van der Waals surface area contributed by atoms with Crippen molar-refractivity contribution in [1.82, 2.24) is 4.98 Å². The molecule has 0 saturated carbocycles. The zero-order valence-electron chi connectivity index (χ0n) is 14.5. The van der Waals surface area contributed by atoms with Crippen LogP contribution in [0.2, 0.25) is 0 Å². The number of thiazole rings is 1. The molecule has 9 heteroatoms. The minimum Gasteiger partial charge on any atom is -0.298 e. The van der Waals surface area contributed by atoms with Gasteiger partial charge in [-0.05, 0) is 36.8 Å². The van der Waals surface area contributed by atoms with Crippen molar-refractivity contribution in [2.45, 2.75) is 9.79 Å². The second-order valence-corrected chi connectivity index (χ2v) is 7.98. The molecule has 1 heterocycles. The van der Waals surface area contributed by atoms with E-state index in [-0.39, 0.29) is 11.3 Å². The Kier molecular flexibility index (Phi) is 6.15. The lowest BCUT2D eigenvalue weighted by Gasteiger charge is -2.05. The van der Waals surface area contributed by atoms with Crippen LogP contribution in [-0.4, -0.2) is 28.3 Å². The molecule has 0 atom stereocenters. The third kappa shape index (κ3) is 4.49. The van der Waals surface area contributed by atoms with Gasteiger partial charge in [0.25, 0.3) is 11.6 Å². The lowest BCUT2D eigenvalue weighted by Crippen LogP contribution is -2.14. The van der Waals surface area contributed by atoms with E-state index in [4.69, 9.17) is 0 Å². The summed E-state index contributed by atoms with van der Waals surface area (Å²) in [7, 11) is 0. The monoisotopic (exact) mass is 417 g/mol. The number of carbonyl (C=O) groups is 1. The van der Waals surface area contributed by atoms with Crippen molar-refractivity contribution in [3.05, 3.63) is 63.5 Å². The standard InChI is InChI=1S/C18H15N3O3S3/c1-25-12-5-3-11(4-6-12)15-10-27-18(19-15)20-17(22)14-9-13(26-2)7-8-16(14)21(23)24/h3-10H,1-2H3,(H,19,20,22). The number of nitro groups is 1. The normalized spacial score (nSPS) is 10.6. The average molecular weight is 418 g/mol. The van der Waals surface area contributed by atoms with Gasteiger partial charge in [0, 0.05) is 26.8 Å². The summed E-state index contributed by atoms with van der Waals surface area (Å²) in [6, 6.07) is 12.5. The number of thioether (sulfide) groups is 2. The van der Waals surface area contributed by atoms with Crippen LogP contribution in [0, 0.1) is 10.1 Å². The second-order valence-electron chi connectivity index (χ2n) is 5.36. The number of hydrogen-bond donors (Lipinski definition) is 1. The van der Waals surface area contributed by atoms with Crippen molar-refractivity contribution in [2.75, 3.05) is 17.8 Å². The van der Waals surface area contributed by atoms with Crippen LogP contribution in [0.4, 0.5) is 10.8 Å². The van der Waals surface area contributed by atoms with Crippen LogP contribution in [0.25, 0.3) is 11.3 Å². The van der Waals surface area contributed by atoms with Gasteiger partial charge < -0.3 is 0 Å². The highest BCUT2D eigenvalue weighted by atomic mass is 32.2. The van der Waals surface area contributed by atoms with E-state index in [1.807, 2.05) is 42.2 Å². The van der Waals surface area contributed by atoms with Gasteiger partial charge in [-0.15, -0.1) is 34.9 Å². The number of hydrogen-bond acceptors (Lipinski definition) is 7. The third-order valence-electron chi connectivity index (χ3n) is 3.76. The summed E-state index contributed by atoms with van der Waals surface area (Å²) in [5, 5.41) is 16.1. The van der Waals surface area contributed by atoms with Gasteiger partial charge in [0.05, 0.1) is 10.6 Å². The Morgan fingerprint density at radius 2 is 1.78 bits per heavy atom. The molecule has 0 radical (unpaired) electrons. The number of nitrogens with one attached hydrogen (secondary N) is 1. The number of anilines is 1. The van der Waals surface area contributed by atoms with Crippen LogP contribution in [0.3, 0.4) is 0 Å². The van der Waals surface area contributed by atoms with Gasteiger partial charge in [-0.3, -0.25) is 20.2 Å². The van der Waals surface area contributed by atoms with Crippen molar-refractivity contribution in [1.29, 1.82) is 0 Å². The van der Waals surface area contributed by atoms with Gasteiger partial charge in [-0.2, -0.15) is 0 Å². The molecule has 0 fully saturated rings. The van der Waals surface area contributed by atoms with E-state index >= 15 is 0 Å². The Bertz CT molecular complexity index is 987. The first-order valence-corrected chi connectivity index (χ1v) is 11.1. The molecule has 27 heavy (non-hydrogen) atoms. The molecule has 1 aromatic heterocycles. The predicted octanol–water partition coefficient (Wildman–Crippen LogP) is 5.41. The highest BCUT2D eigenvalue weighted by Crippen LogP contribution is 2.29. The van der Waals surface area contributed by atoms with E-state index in [0.29, 0.717) is 5.13 Å². The van der Waals surface area contributed by atoms with Crippen LogP contribution in [0.5, 0.6) is 0 Å². The molecule has 0 bridgehead atoms. The lowest BCUT2D eigenvalue weighted by molar-refractivity contribution is -0.385. The number of aromatic nitrogens is 1. The summed E-state index contributed by atoms with van der Waals surface area (Å²) in [4.78, 5) is 29.6. The fraction of sp³-hybridized carbons (Fsp3) is 0.111. The molecular formula is C18H15N3O3S3. The summed E-state index contributed by atoms with van der Waals surface area (Å²) >= 11 is 4.35. The molecule has 2 aromatic carbocycles. The number of nitro benzene ring substituents is 1. The van der Waals surface area contributed by atoms with Crippen molar-refractivity contribution >= 4 is 51.6 Å². The number of rotatable bonds is 6. The highest BCUT2D eigenvalue weighted by molar-refractivity contribution is 7.98. The first kappa shape index (κ1) is 19.4. The van der Waals surface area contributed by atoms with Crippen molar-refractivity contribution < 1.29 is 9.72 Å². The molecule has 1 amide bonds. The maximum absolute atomic E-state index is 12.6. The number of carbonyl (C=O) groups excluding carboxylic acids is 1. The second kappa shape index (κ2) is 8.55. The van der Waals surface area contributed by atoms with E-state index in [9.17, 15) is 14.9 Å². The number of nitrogens with zero attached hydrogens (tertiary/aromatic N) is 2. The zero-order chi connectivity index (χ0) is 19.4. The van der Waals surface area contributed by atoms with Crippen LogP contribution >= 0.6 is 34.9 Å². The zero-order valence-corrected chi connectivity index (χ0v) is 16.9. The highest BCUT2D eigenvalue weighted by Gasteiger charge is 2.21. The molecule has 0 spiro atoms. The summed E-state index contributed by atoms with van der Waals surface area (Å²) in [6.45, 7) is 0. The molecule has 0 aliphatic rings. The summed E-state index contributed by atoms with van der Waals surface area (Å²) in [5.74, 6) is -0.545. The largest absolute Gasteiger partial charge is 0.298 e. The number of amides is 1. The molecular weight excluding hydrogens is 402 g/mol. The molecule has 3 aromatic rings. The predicted molar refractivity (Wildman–Crippen MR) is 112 cm³/mol. The van der Waals surface area contributed by atoms with Gasteiger partial charge in [0.2, 0.25) is 0 Å². The minimum absolute atomic E-state index is 0.0212. The first-order chi connectivity index (χ1) is 13.0. The van der Waals surface area contributed by atoms with Crippen molar-refractivity contribution in [3.8, 4) is 11.3 Å². The molecule has 0 aliphatic carbocycles. The van der Waals surface area contributed by atoms with E-state index in [1.165, 1.54) is 35.2 Å². The summed E-state index contributed by atoms with van der Waals surface area (Å²) < 4.78 is 0. The van der Waals surface area contributed by atoms with Gasteiger partial charge in [-0.25, -0.2) is 4.98 Å². The molecule has 0 aliphatic heterocycles. The summed E-state index contributed by atoms with van der Waals surface area (Å²) in [5.41, 5.74) is 1.48. The Hall–Kier alpha value is -2.36. The Morgan fingerprint density at radius 3 is 2.41 bits per heavy atom. The van der Waals surface area contributed by atoms with E-state index in [0.717, 1.165) is 21.0 Å². The van der Waals surface area contributed by atoms with Gasteiger partial charge >= 0.3 is 0 Å². The molecule has 0 unspecified atom stereocenters. The Labute approximate surface area is 168 Å². The smallest absolute Gasteiger partial charge is 0.282 e. The van der Waals surface area contributed by atoms with Crippen LogP contribution in [0.15, 0.2) is 57.6 Å². The van der Waals surface area contributed by atoms with Crippen LogP contribution in [-0.2, 0) is 0 Å². The van der Waals surface area contributed by atoms with Crippen LogP contribution < -0.4 is 5.32 Å². The quantitative estimate of drug-likeness (QED) is 0.328. The Morgan fingerprint density at radius 1 is 1.11 bits per heavy atom. The van der Waals surface area contributed by atoms with E-state index < -0.39 is 10.8 Å². The fourth-order valence-electron chi connectivity index (χ4n) is 2.37. The minimum atomic E-state index is -0.556. The molecule has 3 rings (SSSR count). The van der Waals surface area contributed by atoms with E-state index in [1.54, 1.807) is 17.8 Å².